The highest BCUT2D eigenvalue weighted by atomic mass is 32.2. The lowest BCUT2D eigenvalue weighted by Crippen LogP contribution is -2.13. The Morgan fingerprint density at radius 1 is 1.04 bits per heavy atom. The molecule has 1 aromatic heterocycles. The zero-order chi connectivity index (χ0) is 15.6. The fraction of sp³-hybridized carbons (Fsp3) is 0.167. The second-order valence-electron chi connectivity index (χ2n) is 5.50. The van der Waals surface area contributed by atoms with E-state index in [1.165, 1.54) is 11.1 Å². The van der Waals surface area contributed by atoms with Crippen LogP contribution in [0, 0.1) is 6.92 Å². The second kappa shape index (κ2) is 6.01. The van der Waals surface area contributed by atoms with Crippen molar-refractivity contribution >= 4 is 17.5 Å². The average Bonchev–Trinajstić information content (AvgIpc) is 2.99. The summed E-state index contributed by atoms with van der Waals surface area (Å²) in [5, 5.41) is 10.1. The molecule has 4 nitrogen and oxygen atoms in total. The predicted molar refractivity (Wildman–Crippen MR) is 93.1 cm³/mol. The smallest absolute Gasteiger partial charge is 0.204 e. The summed E-state index contributed by atoms with van der Waals surface area (Å²) in [6, 6.07) is 18.6. The van der Waals surface area contributed by atoms with E-state index >= 15 is 0 Å². The molecule has 0 saturated carbocycles. The van der Waals surface area contributed by atoms with Gasteiger partial charge in [-0.2, -0.15) is 5.10 Å². The van der Waals surface area contributed by atoms with E-state index in [1.54, 1.807) is 16.6 Å². The van der Waals surface area contributed by atoms with Crippen molar-refractivity contribution in [2.45, 2.75) is 18.5 Å². The molecule has 0 amide bonds. The molecule has 0 aliphatic carbocycles. The van der Waals surface area contributed by atoms with Crippen LogP contribution in [0.5, 0.6) is 0 Å². The van der Waals surface area contributed by atoms with Gasteiger partial charge in [-0.05, 0) is 23.6 Å². The molecule has 0 saturated heterocycles. The van der Waals surface area contributed by atoms with Crippen molar-refractivity contribution in [2.24, 2.45) is 5.10 Å². The number of aryl methyl sites for hydroxylation is 1. The first kappa shape index (κ1) is 14.2. The number of hydrogen-bond acceptors (Lipinski definition) is 4. The normalized spacial score (nSPS) is 13.5. The van der Waals surface area contributed by atoms with E-state index in [0.29, 0.717) is 0 Å². The Bertz CT molecular complexity index is 868. The standard InChI is InChI=1S/C18H16N4S/c1-13-7-5-6-10-15(13)11-17-19-18-22(21-17)20-16(12-23-18)14-8-3-2-4-9-14/h2-10H,11-12H2,1H3. The lowest BCUT2D eigenvalue weighted by molar-refractivity contribution is 0.654. The van der Waals surface area contributed by atoms with Crippen LogP contribution in [-0.2, 0) is 6.42 Å². The third kappa shape index (κ3) is 2.92. The SMILES string of the molecule is Cc1ccccc1Cc1nc2n(n1)N=C(c1ccccc1)CS2. The summed E-state index contributed by atoms with van der Waals surface area (Å²) in [6.07, 6.45) is 0.740. The molecular weight excluding hydrogens is 304 g/mol. The van der Waals surface area contributed by atoms with Gasteiger partial charge < -0.3 is 0 Å². The van der Waals surface area contributed by atoms with E-state index in [0.717, 1.165) is 34.4 Å². The minimum absolute atomic E-state index is 0.740. The maximum Gasteiger partial charge on any atom is 0.211 e. The molecule has 1 aliphatic heterocycles. The molecule has 0 fully saturated rings. The van der Waals surface area contributed by atoms with Crippen LogP contribution >= 0.6 is 11.8 Å². The lowest BCUT2D eigenvalue weighted by Gasteiger charge is -2.11. The molecule has 0 atom stereocenters. The van der Waals surface area contributed by atoms with Gasteiger partial charge in [0.25, 0.3) is 0 Å². The molecule has 0 spiro atoms. The Morgan fingerprint density at radius 3 is 2.65 bits per heavy atom. The van der Waals surface area contributed by atoms with Crippen LogP contribution in [0.15, 0.2) is 64.9 Å². The number of nitrogens with zero attached hydrogens (tertiary/aromatic N) is 4. The third-order valence-electron chi connectivity index (χ3n) is 3.88. The molecule has 0 bridgehead atoms. The van der Waals surface area contributed by atoms with Crippen molar-refractivity contribution in [2.75, 3.05) is 5.75 Å². The Hall–Kier alpha value is -2.40. The summed E-state index contributed by atoms with van der Waals surface area (Å²) >= 11 is 1.69. The summed E-state index contributed by atoms with van der Waals surface area (Å²) in [4.78, 5) is 6.29. The summed E-state index contributed by atoms with van der Waals surface area (Å²) in [7, 11) is 0. The highest BCUT2D eigenvalue weighted by Gasteiger charge is 2.18. The van der Waals surface area contributed by atoms with Gasteiger partial charge in [-0.15, -0.1) is 9.89 Å². The number of benzene rings is 2. The summed E-state index contributed by atoms with van der Waals surface area (Å²) in [5.41, 5.74) is 4.70. The van der Waals surface area contributed by atoms with Crippen molar-refractivity contribution in [3.63, 3.8) is 0 Å². The van der Waals surface area contributed by atoms with E-state index in [-0.39, 0.29) is 0 Å². The van der Waals surface area contributed by atoms with Crippen molar-refractivity contribution in [3.8, 4) is 0 Å². The summed E-state index contributed by atoms with van der Waals surface area (Å²) < 4.78 is 0. The molecule has 1 aliphatic rings. The molecule has 23 heavy (non-hydrogen) atoms. The Balaban J connectivity index is 1.63. The first-order valence-corrected chi connectivity index (χ1v) is 8.55. The predicted octanol–water partition coefficient (Wildman–Crippen LogP) is 3.54. The molecule has 2 aromatic carbocycles. The topological polar surface area (TPSA) is 43.1 Å². The molecule has 3 aromatic rings. The van der Waals surface area contributed by atoms with Crippen LogP contribution in [0.2, 0.25) is 0 Å². The van der Waals surface area contributed by atoms with E-state index in [9.17, 15) is 0 Å². The molecule has 114 valence electrons. The van der Waals surface area contributed by atoms with E-state index < -0.39 is 0 Å². The van der Waals surface area contributed by atoms with Gasteiger partial charge in [0, 0.05) is 12.2 Å². The average molecular weight is 320 g/mol. The monoisotopic (exact) mass is 320 g/mol. The molecule has 2 heterocycles. The summed E-state index contributed by atoms with van der Waals surface area (Å²) in [5.74, 6) is 1.65. The third-order valence-corrected chi connectivity index (χ3v) is 4.81. The first-order chi connectivity index (χ1) is 11.3. The number of thioether (sulfide) groups is 1. The molecule has 0 unspecified atom stereocenters. The van der Waals surface area contributed by atoms with Gasteiger partial charge in [0.2, 0.25) is 5.16 Å². The number of aromatic nitrogens is 3. The van der Waals surface area contributed by atoms with Crippen molar-refractivity contribution in [1.82, 2.24) is 14.9 Å². The van der Waals surface area contributed by atoms with Crippen LogP contribution in [0.4, 0.5) is 0 Å². The van der Waals surface area contributed by atoms with Crippen molar-refractivity contribution in [3.05, 3.63) is 77.1 Å². The quantitative estimate of drug-likeness (QED) is 0.741. The fourth-order valence-corrected chi connectivity index (χ4v) is 3.44. The zero-order valence-corrected chi connectivity index (χ0v) is 13.6. The molecular formula is C18H16N4S. The van der Waals surface area contributed by atoms with Gasteiger partial charge in [-0.1, -0.05) is 66.4 Å². The number of fused-ring (bicyclic) bond motifs is 1. The maximum atomic E-state index is 4.64. The van der Waals surface area contributed by atoms with Gasteiger partial charge >= 0.3 is 0 Å². The minimum Gasteiger partial charge on any atom is -0.204 e. The Morgan fingerprint density at radius 2 is 1.83 bits per heavy atom. The van der Waals surface area contributed by atoms with E-state index in [4.69, 9.17) is 0 Å². The van der Waals surface area contributed by atoms with E-state index in [1.807, 2.05) is 18.2 Å². The highest BCUT2D eigenvalue weighted by Crippen LogP contribution is 2.23. The van der Waals surface area contributed by atoms with Gasteiger partial charge in [0.05, 0.1) is 5.71 Å². The fourth-order valence-electron chi connectivity index (χ4n) is 2.59. The minimum atomic E-state index is 0.740. The van der Waals surface area contributed by atoms with Crippen molar-refractivity contribution in [1.29, 1.82) is 0 Å². The number of hydrogen-bond donors (Lipinski definition) is 0. The van der Waals surface area contributed by atoms with Crippen LogP contribution in [0.3, 0.4) is 0 Å². The van der Waals surface area contributed by atoms with Crippen molar-refractivity contribution < 1.29 is 0 Å². The van der Waals surface area contributed by atoms with Crippen LogP contribution < -0.4 is 0 Å². The maximum absolute atomic E-state index is 4.64. The lowest BCUT2D eigenvalue weighted by atomic mass is 10.1. The van der Waals surface area contributed by atoms with Gasteiger partial charge in [-0.25, -0.2) is 4.98 Å². The van der Waals surface area contributed by atoms with Gasteiger partial charge in [-0.3, -0.25) is 0 Å². The summed E-state index contributed by atoms with van der Waals surface area (Å²) in [6.45, 7) is 2.12. The molecule has 4 rings (SSSR count). The van der Waals surface area contributed by atoms with Crippen LogP contribution in [-0.4, -0.2) is 26.3 Å². The highest BCUT2D eigenvalue weighted by molar-refractivity contribution is 7.99. The largest absolute Gasteiger partial charge is 0.211 e. The van der Waals surface area contributed by atoms with Crippen LogP contribution in [0.25, 0.3) is 0 Å². The second-order valence-corrected chi connectivity index (χ2v) is 6.45. The van der Waals surface area contributed by atoms with Gasteiger partial charge in [0.1, 0.15) is 0 Å². The Labute approximate surface area is 139 Å². The molecule has 0 N–H and O–H groups in total. The Kier molecular flexibility index (Phi) is 3.71. The van der Waals surface area contributed by atoms with Gasteiger partial charge in [0.15, 0.2) is 5.82 Å². The zero-order valence-electron chi connectivity index (χ0n) is 12.8. The molecule has 0 radical (unpaired) electrons. The number of rotatable bonds is 3. The van der Waals surface area contributed by atoms with E-state index in [2.05, 4.69) is 58.5 Å². The first-order valence-electron chi connectivity index (χ1n) is 7.56. The molecule has 5 heteroatoms. The van der Waals surface area contributed by atoms with Crippen LogP contribution in [0.1, 0.15) is 22.5 Å².